The summed E-state index contributed by atoms with van der Waals surface area (Å²) in [4.78, 5) is 14.5. The first-order valence-electron chi connectivity index (χ1n) is 7.46. The van der Waals surface area contributed by atoms with Gasteiger partial charge in [-0.1, -0.05) is 37.3 Å². The monoisotopic (exact) mass is 284 g/mol. The maximum atomic E-state index is 12.6. The van der Waals surface area contributed by atoms with Gasteiger partial charge in [0.15, 0.2) is 5.82 Å². The smallest absolute Gasteiger partial charge is 0.246 e. The molecule has 0 bridgehead atoms. The average Bonchev–Trinajstić information content (AvgIpc) is 2.89. The van der Waals surface area contributed by atoms with Gasteiger partial charge in [-0.2, -0.15) is 0 Å². The van der Waals surface area contributed by atoms with Crippen LogP contribution in [0.2, 0.25) is 0 Å². The molecule has 2 heterocycles. The fourth-order valence-corrected chi connectivity index (χ4v) is 2.87. The van der Waals surface area contributed by atoms with Crippen molar-refractivity contribution in [3.8, 4) is 0 Å². The number of hydrogen-bond acceptors (Lipinski definition) is 3. The van der Waals surface area contributed by atoms with Gasteiger partial charge >= 0.3 is 0 Å². The van der Waals surface area contributed by atoms with E-state index in [1.54, 1.807) is 0 Å². The number of benzene rings is 1. The van der Waals surface area contributed by atoms with Crippen LogP contribution in [0, 0.1) is 0 Å². The highest BCUT2D eigenvalue weighted by Crippen LogP contribution is 2.24. The van der Waals surface area contributed by atoms with Crippen molar-refractivity contribution in [2.24, 2.45) is 0 Å². The van der Waals surface area contributed by atoms with Crippen LogP contribution in [0.15, 0.2) is 30.3 Å². The molecule has 0 spiro atoms. The van der Waals surface area contributed by atoms with Crippen molar-refractivity contribution in [3.05, 3.63) is 47.5 Å². The predicted molar refractivity (Wildman–Crippen MR) is 79.4 cm³/mol. The number of aromatic nitrogens is 3. The van der Waals surface area contributed by atoms with E-state index in [0.29, 0.717) is 13.1 Å². The second-order valence-electron chi connectivity index (χ2n) is 5.51. The van der Waals surface area contributed by atoms with Crippen LogP contribution in [0.25, 0.3) is 0 Å². The third-order valence-electron chi connectivity index (χ3n) is 3.92. The lowest BCUT2D eigenvalue weighted by atomic mass is 10.1. The van der Waals surface area contributed by atoms with E-state index in [4.69, 9.17) is 0 Å². The Labute approximate surface area is 124 Å². The highest BCUT2D eigenvalue weighted by molar-refractivity contribution is 5.81. The number of hydrogen-bond donors (Lipinski definition) is 0. The molecule has 0 aliphatic carbocycles. The number of nitrogens with zero attached hydrogens (tertiary/aromatic N) is 4. The number of carbonyl (C=O) groups is 1. The molecule has 2 aromatic rings. The molecular weight excluding hydrogens is 264 g/mol. The summed E-state index contributed by atoms with van der Waals surface area (Å²) in [6.07, 6.45) is 1.87. The number of fused-ring (bicyclic) bond motifs is 1. The Hall–Kier alpha value is -2.17. The Morgan fingerprint density at radius 1 is 1.24 bits per heavy atom. The summed E-state index contributed by atoms with van der Waals surface area (Å²) in [5.74, 6) is 1.96. The molecule has 3 rings (SSSR count). The van der Waals surface area contributed by atoms with Crippen molar-refractivity contribution in [2.45, 2.75) is 45.8 Å². The summed E-state index contributed by atoms with van der Waals surface area (Å²) in [5.41, 5.74) is 1.14. The fourth-order valence-electron chi connectivity index (χ4n) is 2.87. The standard InChI is InChI=1S/C16H20N4O/c1-3-7-14-17-18-15-11-19(16(21)12(2)20(14)15)10-13-8-5-4-6-9-13/h4-6,8-9,12H,3,7,10-11H2,1-2H3/t12-/m1/s1. The van der Waals surface area contributed by atoms with E-state index in [1.807, 2.05) is 46.7 Å². The SMILES string of the molecule is CCCc1nnc2n1[C@H](C)C(=O)N(Cc1ccccc1)C2. The highest BCUT2D eigenvalue weighted by atomic mass is 16.2. The molecule has 21 heavy (non-hydrogen) atoms. The zero-order valence-electron chi connectivity index (χ0n) is 12.5. The Morgan fingerprint density at radius 2 is 2.00 bits per heavy atom. The molecule has 1 aromatic carbocycles. The summed E-state index contributed by atoms with van der Waals surface area (Å²) < 4.78 is 2.01. The second-order valence-corrected chi connectivity index (χ2v) is 5.51. The van der Waals surface area contributed by atoms with Crippen molar-refractivity contribution in [2.75, 3.05) is 0 Å². The van der Waals surface area contributed by atoms with Gasteiger partial charge in [0.2, 0.25) is 5.91 Å². The summed E-state index contributed by atoms with van der Waals surface area (Å²) in [7, 11) is 0. The zero-order valence-corrected chi connectivity index (χ0v) is 12.5. The number of carbonyl (C=O) groups excluding carboxylic acids is 1. The first kappa shape index (κ1) is 13.8. The lowest BCUT2D eigenvalue weighted by Crippen LogP contribution is -2.41. The molecule has 5 heteroatoms. The van der Waals surface area contributed by atoms with Gasteiger partial charge in [-0.15, -0.1) is 10.2 Å². The van der Waals surface area contributed by atoms with Gasteiger partial charge in [0.25, 0.3) is 0 Å². The molecule has 0 unspecified atom stereocenters. The van der Waals surface area contributed by atoms with Gasteiger partial charge in [-0.05, 0) is 18.9 Å². The topological polar surface area (TPSA) is 51.0 Å². The zero-order chi connectivity index (χ0) is 14.8. The van der Waals surface area contributed by atoms with Crippen LogP contribution >= 0.6 is 0 Å². The second kappa shape index (κ2) is 5.68. The van der Waals surface area contributed by atoms with Crippen molar-refractivity contribution in [3.63, 3.8) is 0 Å². The van der Waals surface area contributed by atoms with Crippen LogP contribution in [-0.2, 0) is 24.3 Å². The predicted octanol–water partition coefficient (Wildman–Crippen LogP) is 2.33. The molecule has 0 radical (unpaired) electrons. The minimum absolute atomic E-state index is 0.142. The van der Waals surface area contributed by atoms with Gasteiger partial charge in [0.05, 0.1) is 6.54 Å². The Morgan fingerprint density at radius 3 is 2.71 bits per heavy atom. The average molecular weight is 284 g/mol. The van der Waals surface area contributed by atoms with Gasteiger partial charge in [0.1, 0.15) is 11.9 Å². The van der Waals surface area contributed by atoms with E-state index >= 15 is 0 Å². The molecule has 0 saturated carbocycles. The van der Waals surface area contributed by atoms with Crippen molar-refractivity contribution in [1.82, 2.24) is 19.7 Å². The lowest BCUT2D eigenvalue weighted by Gasteiger charge is -2.32. The largest absolute Gasteiger partial charge is 0.329 e. The van der Waals surface area contributed by atoms with Crippen LogP contribution in [0.5, 0.6) is 0 Å². The lowest BCUT2D eigenvalue weighted by molar-refractivity contribution is -0.137. The van der Waals surface area contributed by atoms with Crippen molar-refractivity contribution < 1.29 is 4.79 Å². The van der Waals surface area contributed by atoms with E-state index < -0.39 is 0 Å². The summed E-state index contributed by atoms with van der Waals surface area (Å²) >= 11 is 0. The number of rotatable bonds is 4. The maximum Gasteiger partial charge on any atom is 0.246 e. The molecule has 110 valence electrons. The number of amides is 1. The maximum absolute atomic E-state index is 12.6. The van der Waals surface area contributed by atoms with E-state index in [1.165, 1.54) is 0 Å². The highest BCUT2D eigenvalue weighted by Gasteiger charge is 2.32. The van der Waals surface area contributed by atoms with Crippen LogP contribution in [0.1, 0.15) is 43.5 Å². The van der Waals surface area contributed by atoms with Gasteiger partial charge in [-0.25, -0.2) is 0 Å². The minimum Gasteiger partial charge on any atom is -0.329 e. The molecule has 0 fully saturated rings. The van der Waals surface area contributed by atoms with Crippen molar-refractivity contribution >= 4 is 5.91 Å². The molecule has 5 nitrogen and oxygen atoms in total. The van der Waals surface area contributed by atoms with Crippen molar-refractivity contribution in [1.29, 1.82) is 0 Å². The Bertz CT molecular complexity index is 635. The van der Waals surface area contributed by atoms with E-state index in [9.17, 15) is 4.79 Å². The molecular formula is C16H20N4O. The van der Waals surface area contributed by atoms with E-state index in [-0.39, 0.29) is 11.9 Å². The van der Waals surface area contributed by atoms with Gasteiger partial charge < -0.3 is 9.47 Å². The molecule has 1 aliphatic rings. The molecule has 1 aromatic heterocycles. The summed E-state index contributed by atoms with van der Waals surface area (Å²) in [5, 5.41) is 8.52. The fraction of sp³-hybridized carbons (Fsp3) is 0.438. The van der Waals surface area contributed by atoms with Crippen LogP contribution < -0.4 is 0 Å². The molecule has 0 N–H and O–H groups in total. The normalized spacial score (nSPS) is 17.9. The van der Waals surface area contributed by atoms with Gasteiger partial charge in [0, 0.05) is 13.0 Å². The Kier molecular flexibility index (Phi) is 3.73. The number of aryl methyl sites for hydroxylation is 1. The van der Waals surface area contributed by atoms with Gasteiger partial charge in [-0.3, -0.25) is 4.79 Å². The molecule has 1 amide bonds. The third kappa shape index (κ3) is 2.55. The quantitative estimate of drug-likeness (QED) is 0.866. The molecule has 1 atom stereocenters. The van der Waals surface area contributed by atoms with Crippen LogP contribution in [0.4, 0.5) is 0 Å². The van der Waals surface area contributed by atoms with E-state index in [2.05, 4.69) is 17.1 Å². The van der Waals surface area contributed by atoms with Crippen LogP contribution in [-0.4, -0.2) is 25.6 Å². The molecule has 1 aliphatic heterocycles. The Balaban J connectivity index is 1.85. The van der Waals surface area contributed by atoms with Crippen LogP contribution in [0.3, 0.4) is 0 Å². The van der Waals surface area contributed by atoms with E-state index in [0.717, 1.165) is 30.1 Å². The first-order valence-corrected chi connectivity index (χ1v) is 7.46. The first-order chi connectivity index (χ1) is 10.2. The third-order valence-corrected chi connectivity index (χ3v) is 3.92. The summed E-state index contributed by atoms with van der Waals surface area (Å²) in [6.45, 7) is 5.21. The summed E-state index contributed by atoms with van der Waals surface area (Å²) in [6, 6.07) is 9.84. The minimum atomic E-state index is -0.214. The molecule has 0 saturated heterocycles.